The zero-order valence-electron chi connectivity index (χ0n) is 9.09. The summed E-state index contributed by atoms with van der Waals surface area (Å²) in [6, 6.07) is 9.61. The quantitative estimate of drug-likeness (QED) is 0.441. The predicted molar refractivity (Wildman–Crippen MR) is 53.6 cm³/mol. The van der Waals surface area contributed by atoms with Crippen LogP contribution in [0.25, 0.3) is 0 Å². The molecule has 1 rings (SSSR count). The molecule has 0 unspecified atom stereocenters. The molecule has 0 spiro atoms. The molecule has 0 bridgehead atoms. The third-order valence-corrected chi connectivity index (χ3v) is 2.03. The first-order chi connectivity index (χ1) is 5.77. The van der Waals surface area contributed by atoms with E-state index in [0.717, 1.165) is 13.1 Å². The summed E-state index contributed by atoms with van der Waals surface area (Å²) in [7, 11) is 0. The fraction of sp³-hybridized carbons (Fsp3) is 0.455. The van der Waals surface area contributed by atoms with Gasteiger partial charge >= 0.3 is 18.9 Å². The summed E-state index contributed by atoms with van der Waals surface area (Å²) in [5.41, 5.74) is 2.42. The number of benzene rings is 1. The van der Waals surface area contributed by atoms with Crippen molar-refractivity contribution in [2.75, 3.05) is 18.0 Å². The van der Waals surface area contributed by atoms with Gasteiger partial charge in [0.25, 0.3) is 0 Å². The molecule has 0 saturated heterocycles. The van der Waals surface area contributed by atoms with Crippen LogP contribution in [0.2, 0.25) is 0 Å². The molecule has 2 heteroatoms. The maximum atomic E-state index is 3.34. The summed E-state index contributed by atoms with van der Waals surface area (Å²) in [4.78, 5) is 2.30. The molecule has 0 radical (unpaired) electrons. The molecule has 0 N–H and O–H groups in total. The molecule has 1 aromatic rings. The third kappa shape index (κ3) is 3.46. The largest absolute Gasteiger partial charge is 1.00 e. The smallest absolute Gasteiger partial charge is 0.394 e. The second-order valence-corrected chi connectivity index (χ2v) is 2.89. The van der Waals surface area contributed by atoms with Gasteiger partial charge in [-0.2, -0.15) is 23.8 Å². The van der Waals surface area contributed by atoms with Crippen molar-refractivity contribution < 1.29 is 18.9 Å². The molecule has 0 atom stereocenters. The van der Waals surface area contributed by atoms with Crippen LogP contribution in [-0.2, 0) is 0 Å². The molecule has 0 fully saturated rings. The van der Waals surface area contributed by atoms with Crippen LogP contribution in [0.4, 0.5) is 5.69 Å². The van der Waals surface area contributed by atoms with Crippen molar-refractivity contribution in [3.05, 3.63) is 29.8 Å². The minimum absolute atomic E-state index is 0. The maximum Gasteiger partial charge on any atom is 1.00 e. The third-order valence-electron chi connectivity index (χ3n) is 2.03. The predicted octanol–water partition coefficient (Wildman–Crippen LogP) is -0.355. The monoisotopic (exact) mass is 169 g/mol. The summed E-state index contributed by atoms with van der Waals surface area (Å²) in [5.74, 6) is 0. The van der Waals surface area contributed by atoms with Gasteiger partial charge in [-0.05, 0) is 13.8 Å². The Kier molecular flexibility index (Phi) is 5.95. The van der Waals surface area contributed by atoms with Crippen LogP contribution in [0.1, 0.15) is 19.4 Å². The minimum Gasteiger partial charge on any atom is -0.394 e. The first kappa shape index (κ1) is 12.6. The Morgan fingerprint density at radius 1 is 1.23 bits per heavy atom. The van der Waals surface area contributed by atoms with Crippen LogP contribution >= 0.6 is 0 Å². The maximum absolute atomic E-state index is 3.34. The Balaban J connectivity index is 0.00000144. The summed E-state index contributed by atoms with van der Waals surface area (Å²) in [6.45, 7) is 8.51. The van der Waals surface area contributed by atoms with E-state index in [9.17, 15) is 0 Å². The van der Waals surface area contributed by atoms with Crippen LogP contribution in [0.3, 0.4) is 0 Å². The van der Waals surface area contributed by atoms with E-state index in [4.69, 9.17) is 0 Å². The normalized spacial score (nSPS) is 9.15. The summed E-state index contributed by atoms with van der Waals surface area (Å²) >= 11 is 0. The summed E-state index contributed by atoms with van der Waals surface area (Å²) in [5, 5.41) is 0. The molecule has 66 valence electrons. The van der Waals surface area contributed by atoms with Crippen LogP contribution in [0.15, 0.2) is 18.2 Å². The first-order valence-electron chi connectivity index (χ1n) is 4.51. The van der Waals surface area contributed by atoms with Crippen molar-refractivity contribution in [3.8, 4) is 0 Å². The number of anilines is 1. The van der Waals surface area contributed by atoms with Gasteiger partial charge in [0, 0.05) is 13.1 Å². The molecule has 0 saturated carbocycles. The van der Waals surface area contributed by atoms with Gasteiger partial charge in [0.1, 0.15) is 0 Å². The van der Waals surface area contributed by atoms with Crippen molar-refractivity contribution in [1.29, 1.82) is 0 Å². The Hall–Kier alpha value is -0.383. The van der Waals surface area contributed by atoms with Crippen molar-refractivity contribution in [2.24, 2.45) is 0 Å². The van der Waals surface area contributed by atoms with Crippen LogP contribution in [0.5, 0.6) is 0 Å². The number of hydrogen-bond donors (Lipinski definition) is 0. The van der Waals surface area contributed by atoms with Gasteiger partial charge in [-0.1, -0.05) is 12.6 Å². The van der Waals surface area contributed by atoms with Gasteiger partial charge in [0.2, 0.25) is 0 Å². The van der Waals surface area contributed by atoms with E-state index in [1.807, 2.05) is 0 Å². The molecule has 1 aromatic carbocycles. The van der Waals surface area contributed by atoms with Gasteiger partial charge in [-0.25, -0.2) is 0 Å². The van der Waals surface area contributed by atoms with E-state index in [-0.39, 0.29) is 18.9 Å². The van der Waals surface area contributed by atoms with E-state index < -0.39 is 0 Å². The Labute approximate surface area is 93.3 Å². The minimum atomic E-state index is 0. The second-order valence-electron chi connectivity index (χ2n) is 2.89. The van der Waals surface area contributed by atoms with E-state index >= 15 is 0 Å². The number of aryl methyl sites for hydroxylation is 1. The molecule has 0 heterocycles. The van der Waals surface area contributed by atoms with E-state index in [1.54, 1.807) is 0 Å². The fourth-order valence-electron chi connectivity index (χ4n) is 1.32. The standard InChI is InChI=1S/C11H16N.Li/c1-4-12(5-2)11-8-6-7-10(3)9-11;/h6-8H,4-5H2,1-3H3;/q-1;+1. The fourth-order valence-corrected chi connectivity index (χ4v) is 1.32. The SMILES string of the molecule is CCN(CC)c1[c-]c(C)ccc1.[Li+]. The van der Waals surface area contributed by atoms with Crippen LogP contribution in [-0.4, -0.2) is 13.1 Å². The van der Waals surface area contributed by atoms with Crippen LogP contribution < -0.4 is 23.8 Å². The number of nitrogens with zero attached hydrogens (tertiary/aromatic N) is 1. The zero-order valence-corrected chi connectivity index (χ0v) is 9.09. The molecular weight excluding hydrogens is 153 g/mol. The summed E-state index contributed by atoms with van der Waals surface area (Å²) in [6.07, 6.45) is 0. The molecule has 1 nitrogen and oxygen atoms in total. The average Bonchev–Trinajstić information content (AvgIpc) is 2.07. The van der Waals surface area contributed by atoms with Crippen LogP contribution in [0, 0.1) is 13.0 Å². The number of rotatable bonds is 3. The second kappa shape index (κ2) is 6.13. The molecule has 0 aliphatic heterocycles. The van der Waals surface area contributed by atoms with E-state index in [1.165, 1.54) is 11.3 Å². The Morgan fingerprint density at radius 3 is 2.31 bits per heavy atom. The van der Waals surface area contributed by atoms with Gasteiger partial charge in [-0.3, -0.25) is 0 Å². The van der Waals surface area contributed by atoms with Crippen molar-refractivity contribution in [2.45, 2.75) is 20.8 Å². The van der Waals surface area contributed by atoms with Gasteiger partial charge in [-0.15, -0.1) is 6.07 Å². The molecule has 13 heavy (non-hydrogen) atoms. The molecule has 0 aliphatic carbocycles. The van der Waals surface area contributed by atoms with Crippen molar-refractivity contribution in [1.82, 2.24) is 0 Å². The van der Waals surface area contributed by atoms with E-state index in [0.29, 0.717) is 0 Å². The molecule has 0 amide bonds. The summed E-state index contributed by atoms with van der Waals surface area (Å²) < 4.78 is 0. The van der Waals surface area contributed by atoms with Gasteiger partial charge in [0.15, 0.2) is 0 Å². The Bertz CT molecular complexity index is 244. The van der Waals surface area contributed by atoms with Crippen molar-refractivity contribution >= 4 is 5.69 Å². The van der Waals surface area contributed by atoms with Gasteiger partial charge in [0.05, 0.1) is 0 Å². The Morgan fingerprint density at radius 2 is 1.85 bits per heavy atom. The van der Waals surface area contributed by atoms with Crippen molar-refractivity contribution in [3.63, 3.8) is 0 Å². The van der Waals surface area contributed by atoms with Gasteiger partial charge < -0.3 is 4.90 Å². The van der Waals surface area contributed by atoms with E-state index in [2.05, 4.69) is 49.9 Å². The molecular formula is C11H16LiN. The molecule has 0 aromatic heterocycles. The zero-order chi connectivity index (χ0) is 8.97. The first-order valence-corrected chi connectivity index (χ1v) is 4.51. The topological polar surface area (TPSA) is 3.24 Å². The average molecular weight is 169 g/mol. The molecule has 0 aliphatic rings. The number of hydrogen-bond acceptors (Lipinski definition) is 1.